The Balaban J connectivity index is 1.40. The summed E-state index contributed by atoms with van der Waals surface area (Å²) in [5.41, 5.74) is 3.90. The standard InChI is InChI=1S/C23H33N5O3/c1-3-28-21-8-9-27(11-10-26-12-14-31-15-13-26)17-20(21)22(25-28)23(29)24-16-18-4-6-19(30-2)7-5-18/h4-7H,3,8-17H2,1-2H3,(H,24,29). The van der Waals surface area contributed by atoms with E-state index in [0.717, 1.165) is 82.3 Å². The quantitative estimate of drug-likeness (QED) is 0.689. The largest absolute Gasteiger partial charge is 0.497 e. The lowest BCUT2D eigenvalue weighted by Gasteiger charge is -2.32. The number of morpholine rings is 1. The van der Waals surface area contributed by atoms with Crippen LogP contribution in [-0.4, -0.2) is 78.5 Å². The average Bonchev–Trinajstić information content (AvgIpc) is 3.20. The molecule has 0 bridgehead atoms. The molecule has 0 unspecified atom stereocenters. The predicted octanol–water partition coefficient (Wildman–Crippen LogP) is 1.53. The van der Waals surface area contributed by atoms with Crippen molar-refractivity contribution in [2.24, 2.45) is 0 Å². The average molecular weight is 428 g/mol. The fraction of sp³-hybridized carbons (Fsp3) is 0.565. The van der Waals surface area contributed by atoms with Gasteiger partial charge in [-0.2, -0.15) is 5.10 Å². The van der Waals surface area contributed by atoms with E-state index in [1.165, 1.54) is 5.69 Å². The third kappa shape index (κ3) is 5.26. The summed E-state index contributed by atoms with van der Waals surface area (Å²) in [7, 11) is 1.65. The van der Waals surface area contributed by atoms with E-state index in [1.807, 2.05) is 28.9 Å². The van der Waals surface area contributed by atoms with Crippen LogP contribution in [0.5, 0.6) is 5.75 Å². The van der Waals surface area contributed by atoms with Crippen molar-refractivity contribution in [2.75, 3.05) is 53.0 Å². The molecule has 0 spiro atoms. The van der Waals surface area contributed by atoms with Crippen molar-refractivity contribution in [1.82, 2.24) is 24.9 Å². The predicted molar refractivity (Wildman–Crippen MR) is 118 cm³/mol. The molecule has 31 heavy (non-hydrogen) atoms. The van der Waals surface area contributed by atoms with E-state index < -0.39 is 0 Å². The van der Waals surface area contributed by atoms with Crippen LogP contribution >= 0.6 is 0 Å². The van der Waals surface area contributed by atoms with E-state index in [-0.39, 0.29) is 5.91 Å². The van der Waals surface area contributed by atoms with Crippen LogP contribution in [0.25, 0.3) is 0 Å². The van der Waals surface area contributed by atoms with Crippen LogP contribution in [0, 0.1) is 0 Å². The van der Waals surface area contributed by atoms with E-state index in [1.54, 1.807) is 7.11 Å². The third-order valence-electron chi connectivity index (χ3n) is 6.18. The Morgan fingerprint density at radius 2 is 1.87 bits per heavy atom. The van der Waals surface area contributed by atoms with Gasteiger partial charge in [-0.1, -0.05) is 12.1 Å². The maximum atomic E-state index is 13.0. The zero-order chi connectivity index (χ0) is 21.6. The summed E-state index contributed by atoms with van der Waals surface area (Å²) in [6, 6.07) is 7.74. The molecule has 8 heteroatoms. The van der Waals surface area contributed by atoms with Gasteiger partial charge in [-0.3, -0.25) is 19.3 Å². The smallest absolute Gasteiger partial charge is 0.272 e. The lowest BCUT2D eigenvalue weighted by Crippen LogP contribution is -2.42. The van der Waals surface area contributed by atoms with Gasteiger partial charge in [-0.25, -0.2) is 0 Å². The monoisotopic (exact) mass is 427 g/mol. The fourth-order valence-corrected chi connectivity index (χ4v) is 4.30. The van der Waals surface area contributed by atoms with Gasteiger partial charge in [-0.05, 0) is 24.6 Å². The number of aromatic nitrogens is 2. The van der Waals surface area contributed by atoms with Gasteiger partial charge in [-0.15, -0.1) is 0 Å². The molecule has 4 rings (SSSR count). The maximum absolute atomic E-state index is 13.0. The van der Waals surface area contributed by atoms with Crippen molar-refractivity contribution in [1.29, 1.82) is 0 Å². The number of carbonyl (C=O) groups is 1. The lowest BCUT2D eigenvalue weighted by atomic mass is 10.0. The molecule has 168 valence electrons. The van der Waals surface area contributed by atoms with Crippen LogP contribution in [0.1, 0.15) is 34.2 Å². The molecule has 1 amide bonds. The number of hydrogen-bond donors (Lipinski definition) is 1. The van der Waals surface area contributed by atoms with Crippen molar-refractivity contribution in [3.63, 3.8) is 0 Å². The van der Waals surface area contributed by atoms with Gasteiger partial charge in [0, 0.05) is 70.0 Å². The molecule has 0 aliphatic carbocycles. The normalized spacial score (nSPS) is 17.4. The Bertz CT molecular complexity index is 874. The summed E-state index contributed by atoms with van der Waals surface area (Å²) < 4.78 is 12.6. The molecule has 1 aromatic carbocycles. The van der Waals surface area contributed by atoms with E-state index >= 15 is 0 Å². The number of rotatable bonds is 8. The first kappa shape index (κ1) is 21.8. The van der Waals surface area contributed by atoms with Gasteiger partial charge in [0.05, 0.1) is 20.3 Å². The van der Waals surface area contributed by atoms with Gasteiger partial charge in [0.25, 0.3) is 5.91 Å². The first-order chi connectivity index (χ1) is 15.2. The van der Waals surface area contributed by atoms with Crippen LogP contribution in [-0.2, 0) is 30.8 Å². The molecular formula is C23H33N5O3. The number of methoxy groups -OCH3 is 1. The van der Waals surface area contributed by atoms with Crippen molar-refractivity contribution in [3.8, 4) is 5.75 Å². The zero-order valence-corrected chi connectivity index (χ0v) is 18.6. The molecule has 1 aromatic heterocycles. The summed E-state index contributed by atoms with van der Waals surface area (Å²) in [5, 5.41) is 7.71. The highest BCUT2D eigenvalue weighted by molar-refractivity contribution is 5.94. The number of benzene rings is 1. The van der Waals surface area contributed by atoms with Crippen LogP contribution in [0.15, 0.2) is 24.3 Å². The van der Waals surface area contributed by atoms with Crippen LogP contribution < -0.4 is 10.1 Å². The van der Waals surface area contributed by atoms with Crippen LogP contribution in [0.4, 0.5) is 0 Å². The van der Waals surface area contributed by atoms with Crippen molar-refractivity contribution in [3.05, 3.63) is 46.8 Å². The Kier molecular flexibility index (Phi) is 7.21. The van der Waals surface area contributed by atoms with Gasteiger partial charge in [0.1, 0.15) is 5.75 Å². The van der Waals surface area contributed by atoms with Gasteiger partial charge in [0.15, 0.2) is 5.69 Å². The molecule has 0 saturated carbocycles. The molecule has 2 aliphatic rings. The SMILES string of the molecule is CCn1nc(C(=O)NCc2ccc(OC)cc2)c2c1CCN(CCN1CCOCC1)C2. The number of hydrogen-bond acceptors (Lipinski definition) is 6. The lowest BCUT2D eigenvalue weighted by molar-refractivity contribution is 0.0326. The minimum absolute atomic E-state index is 0.103. The Labute approximate surface area is 184 Å². The van der Waals surface area contributed by atoms with Crippen molar-refractivity contribution in [2.45, 2.75) is 33.0 Å². The molecule has 3 heterocycles. The number of carbonyl (C=O) groups excluding carboxylic acids is 1. The number of aryl methyl sites for hydroxylation is 1. The minimum atomic E-state index is -0.103. The second kappa shape index (κ2) is 10.3. The van der Waals surface area contributed by atoms with E-state index in [4.69, 9.17) is 9.47 Å². The number of nitrogens with one attached hydrogen (secondary N) is 1. The van der Waals surface area contributed by atoms with Crippen molar-refractivity contribution >= 4 is 5.91 Å². The molecule has 1 N–H and O–H groups in total. The summed E-state index contributed by atoms with van der Waals surface area (Å²) in [6.07, 6.45) is 0.936. The Morgan fingerprint density at radius 1 is 1.13 bits per heavy atom. The highest BCUT2D eigenvalue weighted by Crippen LogP contribution is 2.23. The van der Waals surface area contributed by atoms with Crippen molar-refractivity contribution < 1.29 is 14.3 Å². The number of nitrogens with zero attached hydrogens (tertiary/aromatic N) is 4. The van der Waals surface area contributed by atoms with E-state index in [9.17, 15) is 4.79 Å². The second-order valence-corrected chi connectivity index (χ2v) is 8.10. The van der Waals surface area contributed by atoms with E-state index in [2.05, 4.69) is 27.1 Å². The summed E-state index contributed by atoms with van der Waals surface area (Å²) in [5.74, 6) is 0.706. The van der Waals surface area contributed by atoms with Crippen LogP contribution in [0.3, 0.4) is 0 Å². The van der Waals surface area contributed by atoms with Gasteiger partial charge in [0.2, 0.25) is 0 Å². The summed E-state index contributed by atoms with van der Waals surface area (Å²) >= 11 is 0. The minimum Gasteiger partial charge on any atom is -0.497 e. The molecule has 8 nitrogen and oxygen atoms in total. The molecule has 0 radical (unpaired) electrons. The second-order valence-electron chi connectivity index (χ2n) is 8.10. The fourth-order valence-electron chi connectivity index (χ4n) is 4.30. The molecule has 1 fully saturated rings. The Hall–Kier alpha value is -2.42. The molecule has 2 aliphatic heterocycles. The highest BCUT2D eigenvalue weighted by atomic mass is 16.5. The first-order valence-corrected chi connectivity index (χ1v) is 11.2. The van der Waals surface area contributed by atoms with Gasteiger partial charge < -0.3 is 14.8 Å². The van der Waals surface area contributed by atoms with E-state index in [0.29, 0.717) is 12.2 Å². The Morgan fingerprint density at radius 3 is 2.58 bits per heavy atom. The van der Waals surface area contributed by atoms with Gasteiger partial charge >= 0.3 is 0 Å². The summed E-state index contributed by atoms with van der Waals surface area (Å²) in [4.78, 5) is 17.9. The third-order valence-corrected chi connectivity index (χ3v) is 6.18. The number of amides is 1. The van der Waals surface area contributed by atoms with Crippen LogP contribution in [0.2, 0.25) is 0 Å². The highest BCUT2D eigenvalue weighted by Gasteiger charge is 2.28. The number of ether oxygens (including phenoxy) is 2. The molecular weight excluding hydrogens is 394 g/mol. The maximum Gasteiger partial charge on any atom is 0.272 e. The molecule has 1 saturated heterocycles. The topological polar surface area (TPSA) is 71.9 Å². The first-order valence-electron chi connectivity index (χ1n) is 11.2. The molecule has 0 atom stereocenters. The summed E-state index contributed by atoms with van der Waals surface area (Å²) in [6.45, 7) is 10.8. The number of fused-ring (bicyclic) bond motifs is 1. The molecule has 2 aromatic rings. The zero-order valence-electron chi connectivity index (χ0n) is 18.6.